The fourth-order valence-corrected chi connectivity index (χ4v) is 3.39. The molecule has 0 aromatic heterocycles. The number of hydrogen-bond acceptors (Lipinski definition) is 4. The van der Waals surface area contributed by atoms with E-state index in [2.05, 4.69) is 4.90 Å². The molecule has 6 heteroatoms. The Labute approximate surface area is 120 Å². The number of nitrogens with zero attached hydrogens (tertiary/aromatic N) is 2. The number of rotatable bonds is 4. The summed E-state index contributed by atoms with van der Waals surface area (Å²) in [6.07, 6.45) is 2.11. The van der Waals surface area contributed by atoms with Gasteiger partial charge in [-0.25, -0.2) is 12.7 Å². The van der Waals surface area contributed by atoms with Crippen LogP contribution in [0.3, 0.4) is 0 Å². The Hall–Kier alpha value is -1.11. The molecular formula is C14H22N2O3S. The number of aliphatic hydroxyl groups is 1. The first-order chi connectivity index (χ1) is 9.45. The minimum absolute atomic E-state index is 0.212. The molecule has 1 aromatic carbocycles. The third kappa shape index (κ3) is 3.13. The van der Waals surface area contributed by atoms with Crippen LogP contribution in [-0.4, -0.2) is 51.6 Å². The topological polar surface area (TPSA) is 60.9 Å². The summed E-state index contributed by atoms with van der Waals surface area (Å²) in [5.41, 5.74) is 1.01. The molecular weight excluding hydrogens is 276 g/mol. The molecule has 1 N–H and O–H groups in total. The fourth-order valence-electron chi connectivity index (χ4n) is 2.49. The van der Waals surface area contributed by atoms with E-state index in [9.17, 15) is 13.5 Å². The van der Waals surface area contributed by atoms with Gasteiger partial charge in [-0.05, 0) is 43.0 Å². The highest BCUT2D eigenvalue weighted by Gasteiger charge is 2.21. The summed E-state index contributed by atoms with van der Waals surface area (Å²) in [6.45, 7) is 2.00. The lowest BCUT2D eigenvalue weighted by molar-refractivity contribution is 0.209. The van der Waals surface area contributed by atoms with E-state index in [-0.39, 0.29) is 6.61 Å². The molecule has 1 aliphatic heterocycles. The fraction of sp³-hybridized carbons (Fsp3) is 0.571. The standard InChI is InChI=1S/C14H22N2O3S/c1-15(2)20(18,19)14-7-5-13(6-8-14)16-9-3-4-12(10-16)11-17/h5-8,12,17H,3-4,9-11H2,1-2H3/t12-/m1/s1. The van der Waals surface area contributed by atoms with Gasteiger partial charge < -0.3 is 10.0 Å². The summed E-state index contributed by atoms with van der Waals surface area (Å²) >= 11 is 0. The highest BCUT2D eigenvalue weighted by Crippen LogP contribution is 2.24. The van der Waals surface area contributed by atoms with E-state index in [1.54, 1.807) is 12.1 Å². The number of aliphatic hydroxyl groups excluding tert-OH is 1. The lowest BCUT2D eigenvalue weighted by Gasteiger charge is -2.33. The van der Waals surface area contributed by atoms with Crippen LogP contribution in [0, 0.1) is 5.92 Å². The van der Waals surface area contributed by atoms with Crippen LogP contribution in [0.1, 0.15) is 12.8 Å². The smallest absolute Gasteiger partial charge is 0.242 e. The van der Waals surface area contributed by atoms with Crippen LogP contribution in [0.2, 0.25) is 0 Å². The zero-order valence-electron chi connectivity index (χ0n) is 12.0. The van der Waals surface area contributed by atoms with E-state index in [0.29, 0.717) is 10.8 Å². The van der Waals surface area contributed by atoms with Gasteiger partial charge >= 0.3 is 0 Å². The molecule has 112 valence electrons. The summed E-state index contributed by atoms with van der Waals surface area (Å²) in [4.78, 5) is 2.51. The van der Waals surface area contributed by atoms with Gasteiger partial charge in [-0.3, -0.25) is 0 Å². The normalized spacial score (nSPS) is 20.4. The van der Waals surface area contributed by atoms with Gasteiger partial charge in [0.05, 0.1) is 4.90 Å². The Morgan fingerprint density at radius 2 is 1.95 bits per heavy atom. The molecule has 0 aliphatic carbocycles. The molecule has 1 aliphatic rings. The van der Waals surface area contributed by atoms with Crippen LogP contribution in [0.4, 0.5) is 5.69 Å². The second kappa shape index (κ2) is 6.11. The first-order valence-electron chi connectivity index (χ1n) is 6.83. The van der Waals surface area contributed by atoms with Gasteiger partial charge in [0.25, 0.3) is 0 Å². The number of benzene rings is 1. The average Bonchev–Trinajstić information content (AvgIpc) is 2.47. The minimum atomic E-state index is -3.36. The van der Waals surface area contributed by atoms with Gasteiger partial charge in [0, 0.05) is 39.5 Å². The molecule has 0 amide bonds. The van der Waals surface area contributed by atoms with Gasteiger partial charge in [-0.1, -0.05) is 0 Å². The monoisotopic (exact) mass is 298 g/mol. The van der Waals surface area contributed by atoms with Crippen molar-refractivity contribution in [3.63, 3.8) is 0 Å². The van der Waals surface area contributed by atoms with Crippen molar-refractivity contribution in [1.29, 1.82) is 0 Å². The molecule has 0 bridgehead atoms. The SMILES string of the molecule is CN(C)S(=O)(=O)c1ccc(N2CCC[C@@H](CO)C2)cc1. The second-order valence-electron chi connectivity index (χ2n) is 5.42. The molecule has 1 fully saturated rings. The predicted octanol–water partition coefficient (Wildman–Crippen LogP) is 1.15. The lowest BCUT2D eigenvalue weighted by atomic mass is 9.98. The van der Waals surface area contributed by atoms with Crippen LogP contribution < -0.4 is 4.90 Å². The molecule has 2 rings (SSSR count). The van der Waals surface area contributed by atoms with Crippen molar-refractivity contribution in [3.05, 3.63) is 24.3 Å². The second-order valence-corrected chi connectivity index (χ2v) is 7.57. The van der Waals surface area contributed by atoms with Gasteiger partial charge in [0.15, 0.2) is 0 Å². The van der Waals surface area contributed by atoms with E-state index in [4.69, 9.17) is 0 Å². The third-order valence-corrected chi connectivity index (χ3v) is 5.59. The van der Waals surface area contributed by atoms with Crippen molar-refractivity contribution < 1.29 is 13.5 Å². The highest BCUT2D eigenvalue weighted by atomic mass is 32.2. The summed E-state index contributed by atoms with van der Waals surface area (Å²) in [5.74, 6) is 0.314. The van der Waals surface area contributed by atoms with Crippen LogP contribution in [-0.2, 0) is 10.0 Å². The van der Waals surface area contributed by atoms with Crippen LogP contribution in [0.5, 0.6) is 0 Å². The highest BCUT2D eigenvalue weighted by molar-refractivity contribution is 7.89. The molecule has 1 saturated heterocycles. The summed E-state index contributed by atoms with van der Waals surface area (Å²) in [6, 6.07) is 6.98. The number of piperidine rings is 1. The van der Waals surface area contributed by atoms with E-state index in [0.717, 1.165) is 31.6 Å². The lowest BCUT2D eigenvalue weighted by Crippen LogP contribution is -2.36. The molecule has 1 heterocycles. The third-order valence-electron chi connectivity index (χ3n) is 3.76. The Bertz CT molecular complexity index is 540. The van der Waals surface area contributed by atoms with Crippen LogP contribution in [0.25, 0.3) is 0 Å². The molecule has 0 saturated carbocycles. The number of hydrogen-bond donors (Lipinski definition) is 1. The minimum Gasteiger partial charge on any atom is -0.396 e. The molecule has 1 aromatic rings. The molecule has 1 atom stereocenters. The van der Waals surface area contributed by atoms with Gasteiger partial charge in [0.2, 0.25) is 10.0 Å². The maximum Gasteiger partial charge on any atom is 0.242 e. The number of anilines is 1. The van der Waals surface area contributed by atoms with Crippen molar-refractivity contribution in [2.45, 2.75) is 17.7 Å². The van der Waals surface area contributed by atoms with Crippen LogP contribution >= 0.6 is 0 Å². The molecule has 0 unspecified atom stereocenters. The van der Waals surface area contributed by atoms with E-state index in [1.165, 1.54) is 18.4 Å². The quantitative estimate of drug-likeness (QED) is 0.906. The molecule has 5 nitrogen and oxygen atoms in total. The first kappa shape index (κ1) is 15.3. The van der Waals surface area contributed by atoms with Crippen LogP contribution in [0.15, 0.2) is 29.2 Å². The Kier molecular flexibility index (Phi) is 4.67. The summed E-state index contributed by atoms with van der Waals surface area (Å²) < 4.78 is 25.2. The van der Waals surface area contributed by atoms with E-state index < -0.39 is 10.0 Å². The van der Waals surface area contributed by atoms with Gasteiger partial charge in [-0.2, -0.15) is 0 Å². The Balaban J connectivity index is 2.16. The van der Waals surface area contributed by atoms with Crippen molar-refractivity contribution in [2.24, 2.45) is 5.92 Å². The van der Waals surface area contributed by atoms with Gasteiger partial charge in [0.1, 0.15) is 0 Å². The van der Waals surface area contributed by atoms with Crippen molar-refractivity contribution >= 4 is 15.7 Å². The van der Waals surface area contributed by atoms with Crippen molar-refractivity contribution in [2.75, 3.05) is 38.7 Å². The zero-order chi connectivity index (χ0) is 14.8. The molecule has 20 heavy (non-hydrogen) atoms. The summed E-state index contributed by atoms with van der Waals surface area (Å²) in [5, 5.41) is 9.26. The van der Waals surface area contributed by atoms with Crippen molar-refractivity contribution in [3.8, 4) is 0 Å². The zero-order valence-corrected chi connectivity index (χ0v) is 12.8. The Morgan fingerprint density at radius 3 is 2.50 bits per heavy atom. The van der Waals surface area contributed by atoms with E-state index in [1.807, 2.05) is 12.1 Å². The summed E-state index contributed by atoms with van der Waals surface area (Å²) in [7, 11) is -0.310. The Morgan fingerprint density at radius 1 is 1.30 bits per heavy atom. The van der Waals surface area contributed by atoms with E-state index >= 15 is 0 Å². The van der Waals surface area contributed by atoms with Gasteiger partial charge in [-0.15, -0.1) is 0 Å². The molecule has 0 spiro atoms. The van der Waals surface area contributed by atoms with Crippen molar-refractivity contribution in [1.82, 2.24) is 4.31 Å². The maximum atomic E-state index is 12.0. The largest absolute Gasteiger partial charge is 0.396 e. The number of sulfonamides is 1. The molecule has 0 radical (unpaired) electrons. The average molecular weight is 298 g/mol. The predicted molar refractivity (Wildman–Crippen MR) is 79.3 cm³/mol. The first-order valence-corrected chi connectivity index (χ1v) is 8.27. The maximum absolute atomic E-state index is 12.0.